The molecule has 0 aromatic rings. The fourth-order valence-corrected chi connectivity index (χ4v) is 2.87. The molecule has 1 nitrogen and oxygen atoms in total. The number of rotatable bonds is 5. The maximum atomic E-state index is 11.9. The van der Waals surface area contributed by atoms with Crippen LogP contribution in [-0.2, 0) is 4.79 Å². The molecule has 0 aromatic heterocycles. The van der Waals surface area contributed by atoms with E-state index in [2.05, 4.69) is 27.7 Å². The second-order valence-corrected chi connectivity index (χ2v) is 6.26. The molecule has 0 radical (unpaired) electrons. The summed E-state index contributed by atoms with van der Waals surface area (Å²) in [5.74, 6) is 2.96. The van der Waals surface area contributed by atoms with Crippen LogP contribution in [0.3, 0.4) is 0 Å². The van der Waals surface area contributed by atoms with E-state index >= 15 is 0 Å². The van der Waals surface area contributed by atoms with Gasteiger partial charge in [0.1, 0.15) is 5.78 Å². The molecule has 1 saturated carbocycles. The first-order valence-corrected chi connectivity index (χ1v) is 7.03. The van der Waals surface area contributed by atoms with E-state index in [9.17, 15) is 4.79 Å². The van der Waals surface area contributed by atoms with Crippen molar-refractivity contribution < 1.29 is 4.79 Å². The Labute approximate surface area is 101 Å². The van der Waals surface area contributed by atoms with E-state index < -0.39 is 0 Å². The molecule has 0 amide bonds. The SMILES string of the molecule is CC(C)CCCC(C)C1CCC(C)CC1=O. The van der Waals surface area contributed by atoms with Crippen LogP contribution in [0.1, 0.15) is 66.2 Å². The van der Waals surface area contributed by atoms with Crippen LogP contribution in [0.15, 0.2) is 0 Å². The summed E-state index contributed by atoms with van der Waals surface area (Å²) < 4.78 is 0. The standard InChI is InChI=1S/C15H28O/c1-11(2)6-5-7-13(4)14-9-8-12(3)10-15(14)16/h11-14H,5-10H2,1-4H3. The highest BCUT2D eigenvalue weighted by molar-refractivity contribution is 5.82. The lowest BCUT2D eigenvalue weighted by molar-refractivity contribution is -0.127. The van der Waals surface area contributed by atoms with Gasteiger partial charge < -0.3 is 0 Å². The molecule has 0 aromatic carbocycles. The highest BCUT2D eigenvalue weighted by atomic mass is 16.1. The van der Waals surface area contributed by atoms with Gasteiger partial charge in [0.05, 0.1) is 0 Å². The summed E-state index contributed by atoms with van der Waals surface area (Å²) in [7, 11) is 0. The van der Waals surface area contributed by atoms with Gasteiger partial charge in [0.15, 0.2) is 0 Å². The van der Waals surface area contributed by atoms with Crippen LogP contribution in [0.2, 0.25) is 0 Å². The molecule has 0 N–H and O–H groups in total. The van der Waals surface area contributed by atoms with E-state index in [-0.39, 0.29) is 0 Å². The van der Waals surface area contributed by atoms with Gasteiger partial charge in [0.25, 0.3) is 0 Å². The van der Waals surface area contributed by atoms with Crippen molar-refractivity contribution in [1.29, 1.82) is 0 Å². The Morgan fingerprint density at radius 2 is 1.88 bits per heavy atom. The number of carbonyl (C=O) groups excluding carboxylic acids is 1. The maximum absolute atomic E-state index is 11.9. The monoisotopic (exact) mass is 224 g/mol. The van der Waals surface area contributed by atoms with Gasteiger partial charge in [-0.25, -0.2) is 0 Å². The predicted octanol–water partition coefficient (Wildman–Crippen LogP) is 4.45. The van der Waals surface area contributed by atoms with Crippen LogP contribution in [0.5, 0.6) is 0 Å². The second-order valence-electron chi connectivity index (χ2n) is 6.26. The maximum Gasteiger partial charge on any atom is 0.136 e. The molecule has 1 aliphatic rings. The van der Waals surface area contributed by atoms with Crippen molar-refractivity contribution in [2.75, 3.05) is 0 Å². The molecule has 16 heavy (non-hydrogen) atoms. The average molecular weight is 224 g/mol. The Hall–Kier alpha value is -0.330. The van der Waals surface area contributed by atoms with Crippen molar-refractivity contribution in [2.45, 2.75) is 66.2 Å². The van der Waals surface area contributed by atoms with Gasteiger partial charge in [0, 0.05) is 12.3 Å². The van der Waals surface area contributed by atoms with E-state index in [4.69, 9.17) is 0 Å². The van der Waals surface area contributed by atoms with Gasteiger partial charge >= 0.3 is 0 Å². The largest absolute Gasteiger partial charge is 0.299 e. The smallest absolute Gasteiger partial charge is 0.136 e. The zero-order valence-electron chi connectivity index (χ0n) is 11.5. The summed E-state index contributed by atoms with van der Waals surface area (Å²) in [6, 6.07) is 0. The van der Waals surface area contributed by atoms with Crippen molar-refractivity contribution in [2.24, 2.45) is 23.7 Å². The minimum Gasteiger partial charge on any atom is -0.299 e. The highest BCUT2D eigenvalue weighted by Crippen LogP contribution is 2.32. The van der Waals surface area contributed by atoms with E-state index in [1.807, 2.05) is 0 Å². The summed E-state index contributed by atoms with van der Waals surface area (Å²) >= 11 is 0. The third-order valence-electron chi connectivity index (χ3n) is 4.06. The molecule has 1 rings (SSSR count). The summed E-state index contributed by atoms with van der Waals surface area (Å²) in [5, 5.41) is 0. The summed E-state index contributed by atoms with van der Waals surface area (Å²) in [5.41, 5.74) is 0. The first-order valence-electron chi connectivity index (χ1n) is 7.03. The highest BCUT2D eigenvalue weighted by Gasteiger charge is 2.29. The molecule has 0 spiro atoms. The van der Waals surface area contributed by atoms with Gasteiger partial charge in [-0.15, -0.1) is 0 Å². The van der Waals surface area contributed by atoms with Crippen LogP contribution >= 0.6 is 0 Å². The van der Waals surface area contributed by atoms with Crippen molar-refractivity contribution in [3.05, 3.63) is 0 Å². The summed E-state index contributed by atoms with van der Waals surface area (Å²) in [6.07, 6.45) is 7.07. The Balaban J connectivity index is 2.30. The first kappa shape index (κ1) is 13.7. The van der Waals surface area contributed by atoms with Crippen LogP contribution in [0.25, 0.3) is 0 Å². The van der Waals surface area contributed by atoms with Crippen LogP contribution in [-0.4, -0.2) is 5.78 Å². The average Bonchev–Trinajstić information content (AvgIpc) is 2.16. The molecule has 3 atom stereocenters. The van der Waals surface area contributed by atoms with Gasteiger partial charge in [0.2, 0.25) is 0 Å². The van der Waals surface area contributed by atoms with Crippen molar-refractivity contribution in [3.63, 3.8) is 0 Å². The van der Waals surface area contributed by atoms with Crippen LogP contribution in [0, 0.1) is 23.7 Å². The number of carbonyl (C=O) groups is 1. The van der Waals surface area contributed by atoms with Crippen LogP contribution in [0.4, 0.5) is 0 Å². The Bertz CT molecular complexity index is 219. The number of ketones is 1. The van der Waals surface area contributed by atoms with Crippen molar-refractivity contribution in [3.8, 4) is 0 Å². The lowest BCUT2D eigenvalue weighted by Gasteiger charge is -2.29. The fraction of sp³-hybridized carbons (Fsp3) is 0.933. The van der Waals surface area contributed by atoms with Gasteiger partial charge in [-0.05, 0) is 30.6 Å². The van der Waals surface area contributed by atoms with E-state index in [0.29, 0.717) is 23.5 Å². The lowest BCUT2D eigenvalue weighted by Crippen LogP contribution is -2.28. The van der Waals surface area contributed by atoms with Crippen LogP contribution < -0.4 is 0 Å². The quantitative estimate of drug-likeness (QED) is 0.674. The molecule has 0 saturated heterocycles. The molecule has 3 unspecified atom stereocenters. The predicted molar refractivity (Wildman–Crippen MR) is 69.4 cm³/mol. The number of hydrogen-bond donors (Lipinski definition) is 0. The zero-order chi connectivity index (χ0) is 12.1. The van der Waals surface area contributed by atoms with E-state index in [1.54, 1.807) is 0 Å². The lowest BCUT2D eigenvalue weighted by atomic mass is 9.74. The minimum absolute atomic E-state index is 0.378. The molecule has 1 fully saturated rings. The molecule has 0 heterocycles. The molecule has 94 valence electrons. The van der Waals surface area contributed by atoms with E-state index in [1.165, 1.54) is 25.7 Å². The van der Waals surface area contributed by atoms with Gasteiger partial charge in [-0.1, -0.05) is 47.0 Å². The zero-order valence-corrected chi connectivity index (χ0v) is 11.5. The summed E-state index contributed by atoms with van der Waals surface area (Å²) in [4.78, 5) is 11.9. The Morgan fingerprint density at radius 1 is 1.19 bits per heavy atom. The van der Waals surface area contributed by atoms with Gasteiger partial charge in [-0.3, -0.25) is 4.79 Å². The molecule has 1 heteroatoms. The minimum atomic E-state index is 0.378. The number of Topliss-reactive ketones (excluding diaryl/α,β-unsaturated/α-hetero) is 1. The van der Waals surface area contributed by atoms with E-state index in [0.717, 1.165) is 18.8 Å². The third kappa shape index (κ3) is 4.27. The molecule has 0 aliphatic heterocycles. The van der Waals surface area contributed by atoms with Crippen molar-refractivity contribution in [1.82, 2.24) is 0 Å². The third-order valence-corrected chi connectivity index (χ3v) is 4.06. The Morgan fingerprint density at radius 3 is 2.44 bits per heavy atom. The Kier molecular flexibility index (Phi) is 5.51. The first-order chi connectivity index (χ1) is 7.50. The fourth-order valence-electron chi connectivity index (χ4n) is 2.87. The molecular formula is C15H28O. The van der Waals surface area contributed by atoms with Crippen molar-refractivity contribution >= 4 is 5.78 Å². The topological polar surface area (TPSA) is 17.1 Å². The summed E-state index contributed by atoms with van der Waals surface area (Å²) in [6.45, 7) is 9.03. The molecule has 1 aliphatic carbocycles. The molecular weight excluding hydrogens is 196 g/mol. The van der Waals surface area contributed by atoms with Gasteiger partial charge in [-0.2, -0.15) is 0 Å². The number of hydrogen-bond acceptors (Lipinski definition) is 1. The normalized spacial score (nSPS) is 28.4. The second kappa shape index (κ2) is 6.42. The molecule has 0 bridgehead atoms.